The molecule has 0 spiro atoms. The van der Waals surface area contributed by atoms with Crippen LogP contribution in [-0.2, 0) is 6.54 Å². The van der Waals surface area contributed by atoms with Crippen LogP contribution in [0.2, 0.25) is 5.02 Å². The largest absolute Gasteiger partial charge is 0.493 e. The van der Waals surface area contributed by atoms with Crippen molar-refractivity contribution in [3.63, 3.8) is 0 Å². The maximum Gasteiger partial charge on any atom is 0.161 e. The summed E-state index contributed by atoms with van der Waals surface area (Å²) in [6, 6.07) is 7.56. The Hall–Kier alpha value is -1.68. The first kappa shape index (κ1) is 12.8. The minimum absolute atomic E-state index is 0.513. The number of hydrogen-bond acceptors (Lipinski definition) is 3. The number of rotatable bonds is 5. The van der Waals surface area contributed by atoms with Crippen LogP contribution in [0.25, 0.3) is 0 Å². The van der Waals surface area contributed by atoms with Gasteiger partial charge in [0.15, 0.2) is 11.5 Å². The van der Waals surface area contributed by atoms with Crippen molar-refractivity contribution in [1.29, 1.82) is 0 Å². The number of ether oxygens (including phenoxy) is 2. The molecule has 2 rings (SSSR count). The minimum atomic E-state index is 0.513. The van der Waals surface area contributed by atoms with Gasteiger partial charge in [-0.05, 0) is 19.1 Å². The van der Waals surface area contributed by atoms with Crippen LogP contribution in [0.15, 0.2) is 30.5 Å². The van der Waals surface area contributed by atoms with Crippen molar-refractivity contribution in [2.45, 2.75) is 13.5 Å². The van der Waals surface area contributed by atoms with Crippen molar-refractivity contribution < 1.29 is 9.47 Å². The van der Waals surface area contributed by atoms with Gasteiger partial charge in [-0.1, -0.05) is 23.7 Å². The summed E-state index contributed by atoms with van der Waals surface area (Å²) in [7, 11) is 1.62. The Bertz CT molecular complexity index is 525. The Balaban J connectivity index is 1.94. The Kier molecular flexibility index (Phi) is 4.10. The molecule has 0 fully saturated rings. The van der Waals surface area contributed by atoms with Crippen LogP contribution in [0.1, 0.15) is 5.69 Å². The van der Waals surface area contributed by atoms with Crippen LogP contribution in [0.4, 0.5) is 0 Å². The zero-order valence-electron chi connectivity index (χ0n) is 10.4. The second-order valence-corrected chi connectivity index (χ2v) is 4.21. The molecule has 0 bridgehead atoms. The molecular weight excluding hydrogens is 252 g/mol. The number of benzene rings is 1. The van der Waals surface area contributed by atoms with Gasteiger partial charge in [0.05, 0.1) is 30.6 Å². The van der Waals surface area contributed by atoms with Crippen LogP contribution in [-0.4, -0.2) is 23.5 Å². The van der Waals surface area contributed by atoms with Gasteiger partial charge in [-0.15, -0.1) is 0 Å². The highest BCUT2D eigenvalue weighted by Gasteiger charge is 2.05. The summed E-state index contributed by atoms with van der Waals surface area (Å²) in [6.45, 7) is 3.09. The van der Waals surface area contributed by atoms with Gasteiger partial charge < -0.3 is 9.47 Å². The number of halogens is 1. The van der Waals surface area contributed by atoms with Crippen molar-refractivity contribution in [3.8, 4) is 11.5 Å². The highest BCUT2D eigenvalue weighted by Crippen LogP contribution is 2.25. The summed E-state index contributed by atoms with van der Waals surface area (Å²) >= 11 is 5.93. The molecule has 5 heteroatoms. The van der Waals surface area contributed by atoms with E-state index in [-0.39, 0.29) is 0 Å². The summed E-state index contributed by atoms with van der Waals surface area (Å²) in [4.78, 5) is 0. The van der Waals surface area contributed by atoms with Crippen LogP contribution in [0.3, 0.4) is 0 Å². The number of para-hydroxylation sites is 2. The molecule has 1 heterocycles. The lowest BCUT2D eigenvalue weighted by atomic mass is 10.3. The summed E-state index contributed by atoms with van der Waals surface area (Å²) in [5, 5.41) is 4.84. The van der Waals surface area contributed by atoms with Crippen molar-refractivity contribution in [3.05, 3.63) is 41.2 Å². The van der Waals surface area contributed by atoms with E-state index in [0.717, 1.165) is 17.2 Å². The van der Waals surface area contributed by atoms with E-state index in [0.29, 0.717) is 18.2 Å². The van der Waals surface area contributed by atoms with Crippen molar-refractivity contribution >= 4 is 11.6 Å². The zero-order valence-corrected chi connectivity index (χ0v) is 11.1. The molecule has 96 valence electrons. The fraction of sp³-hybridized carbons (Fsp3) is 0.308. The SMILES string of the molecule is COc1ccccc1OCCn1ncc(Cl)c1C. The molecule has 0 atom stereocenters. The summed E-state index contributed by atoms with van der Waals surface area (Å²) < 4.78 is 12.7. The maximum absolute atomic E-state index is 5.93. The highest BCUT2D eigenvalue weighted by molar-refractivity contribution is 6.31. The molecule has 0 radical (unpaired) electrons. The normalized spacial score (nSPS) is 10.4. The van der Waals surface area contributed by atoms with E-state index in [9.17, 15) is 0 Å². The smallest absolute Gasteiger partial charge is 0.161 e. The average molecular weight is 267 g/mol. The lowest BCUT2D eigenvalue weighted by molar-refractivity contribution is 0.273. The highest BCUT2D eigenvalue weighted by atomic mass is 35.5. The molecule has 1 aromatic heterocycles. The lowest BCUT2D eigenvalue weighted by Crippen LogP contribution is -2.11. The third-order valence-electron chi connectivity index (χ3n) is 2.67. The Morgan fingerprint density at radius 2 is 2.00 bits per heavy atom. The zero-order chi connectivity index (χ0) is 13.0. The number of hydrogen-bond donors (Lipinski definition) is 0. The van der Waals surface area contributed by atoms with Gasteiger partial charge in [0.1, 0.15) is 6.61 Å². The molecule has 0 aliphatic heterocycles. The third kappa shape index (κ3) is 2.76. The second-order valence-electron chi connectivity index (χ2n) is 3.80. The van der Waals surface area contributed by atoms with E-state index in [1.54, 1.807) is 13.3 Å². The van der Waals surface area contributed by atoms with Gasteiger partial charge in [0, 0.05) is 0 Å². The minimum Gasteiger partial charge on any atom is -0.493 e. The molecular formula is C13H15ClN2O2. The molecule has 0 N–H and O–H groups in total. The van der Waals surface area contributed by atoms with Crippen LogP contribution in [0, 0.1) is 6.92 Å². The third-order valence-corrected chi connectivity index (χ3v) is 3.04. The van der Waals surface area contributed by atoms with Crippen molar-refractivity contribution in [1.82, 2.24) is 9.78 Å². The first-order valence-corrected chi connectivity index (χ1v) is 6.04. The van der Waals surface area contributed by atoms with E-state index >= 15 is 0 Å². The number of methoxy groups -OCH3 is 1. The Labute approximate surface area is 111 Å². The molecule has 18 heavy (non-hydrogen) atoms. The van der Waals surface area contributed by atoms with E-state index in [1.165, 1.54) is 0 Å². The molecule has 0 unspecified atom stereocenters. The fourth-order valence-corrected chi connectivity index (χ4v) is 1.77. The van der Waals surface area contributed by atoms with Crippen molar-refractivity contribution in [2.75, 3.05) is 13.7 Å². The predicted octanol–water partition coefficient (Wildman–Crippen LogP) is 2.93. The molecule has 2 aromatic rings. The molecule has 0 aliphatic carbocycles. The first-order chi connectivity index (χ1) is 8.72. The topological polar surface area (TPSA) is 36.3 Å². The predicted molar refractivity (Wildman–Crippen MR) is 70.5 cm³/mol. The Morgan fingerprint density at radius 1 is 1.28 bits per heavy atom. The van der Waals surface area contributed by atoms with E-state index in [2.05, 4.69) is 5.10 Å². The fourth-order valence-electron chi connectivity index (χ4n) is 1.63. The summed E-state index contributed by atoms with van der Waals surface area (Å²) in [5.74, 6) is 1.46. The quantitative estimate of drug-likeness (QED) is 0.835. The van der Waals surface area contributed by atoms with Gasteiger partial charge >= 0.3 is 0 Å². The molecule has 0 amide bonds. The van der Waals surface area contributed by atoms with E-state index < -0.39 is 0 Å². The lowest BCUT2D eigenvalue weighted by Gasteiger charge is -2.10. The maximum atomic E-state index is 5.93. The van der Waals surface area contributed by atoms with Gasteiger partial charge in [-0.3, -0.25) is 4.68 Å². The van der Waals surface area contributed by atoms with Gasteiger partial charge in [0.2, 0.25) is 0 Å². The summed E-state index contributed by atoms with van der Waals surface area (Å²) in [6.07, 6.45) is 1.64. The molecule has 4 nitrogen and oxygen atoms in total. The molecule has 0 saturated carbocycles. The number of nitrogens with zero attached hydrogens (tertiary/aromatic N) is 2. The van der Waals surface area contributed by atoms with Gasteiger partial charge in [0.25, 0.3) is 0 Å². The van der Waals surface area contributed by atoms with Crippen LogP contribution >= 0.6 is 11.6 Å². The first-order valence-electron chi connectivity index (χ1n) is 5.66. The van der Waals surface area contributed by atoms with Gasteiger partial charge in [-0.25, -0.2) is 0 Å². The molecule has 0 saturated heterocycles. The van der Waals surface area contributed by atoms with Gasteiger partial charge in [-0.2, -0.15) is 5.10 Å². The molecule has 1 aromatic carbocycles. The molecule has 0 aliphatic rings. The monoisotopic (exact) mass is 266 g/mol. The average Bonchev–Trinajstić information content (AvgIpc) is 2.71. The number of aromatic nitrogens is 2. The van der Waals surface area contributed by atoms with E-state index in [4.69, 9.17) is 21.1 Å². The standard InChI is InChI=1S/C13H15ClN2O2/c1-10-11(14)9-15-16(10)7-8-18-13-6-4-3-5-12(13)17-2/h3-6,9H,7-8H2,1-2H3. The second kappa shape index (κ2) is 5.78. The van der Waals surface area contributed by atoms with Crippen LogP contribution < -0.4 is 9.47 Å². The van der Waals surface area contributed by atoms with Crippen molar-refractivity contribution in [2.24, 2.45) is 0 Å². The van der Waals surface area contributed by atoms with E-state index in [1.807, 2.05) is 35.9 Å². The Morgan fingerprint density at radius 3 is 2.61 bits per heavy atom. The summed E-state index contributed by atoms with van der Waals surface area (Å²) in [5.41, 5.74) is 0.945. The van der Waals surface area contributed by atoms with Crippen LogP contribution in [0.5, 0.6) is 11.5 Å².